The molecular weight excluding hydrogens is 310 g/mol. The lowest BCUT2D eigenvalue weighted by atomic mass is 10.3. The lowest BCUT2D eigenvalue weighted by molar-refractivity contribution is 0.403. The standard InChI is InChI=1S/C9H9N5O3.C7H6/c10-13-8-11-4-14(9(17)12-8)5-1-2-6(15)7(16)3-5;1-2-7-4-3-6(1)5-7/h1-4,15-16H,10H2,(H,12,13,17);1-4H,5H2. The lowest BCUT2D eigenvalue weighted by Gasteiger charge is -2.06. The van der Waals surface area contributed by atoms with Crippen LogP contribution in [0.5, 0.6) is 11.5 Å². The molecule has 2 aromatic rings. The molecule has 0 aliphatic heterocycles. The molecule has 0 amide bonds. The summed E-state index contributed by atoms with van der Waals surface area (Å²) in [5.74, 6) is 4.44. The molecule has 122 valence electrons. The maximum absolute atomic E-state index is 11.6. The molecule has 0 atom stereocenters. The van der Waals surface area contributed by atoms with Crippen molar-refractivity contribution >= 4 is 5.95 Å². The fourth-order valence-corrected chi connectivity index (χ4v) is 2.25. The molecule has 1 aromatic heterocycles. The molecule has 0 radical (unpaired) electrons. The third kappa shape index (κ3) is 3.18. The number of hydrazine groups is 1. The van der Waals surface area contributed by atoms with Crippen molar-refractivity contribution in [3.8, 4) is 17.2 Å². The van der Waals surface area contributed by atoms with Gasteiger partial charge in [0.15, 0.2) is 11.5 Å². The summed E-state index contributed by atoms with van der Waals surface area (Å²) in [7, 11) is 0. The van der Waals surface area contributed by atoms with Crippen LogP contribution >= 0.6 is 0 Å². The Morgan fingerprint density at radius 2 is 1.83 bits per heavy atom. The molecule has 2 bridgehead atoms. The van der Waals surface area contributed by atoms with Crippen molar-refractivity contribution in [2.24, 2.45) is 5.84 Å². The third-order valence-electron chi connectivity index (χ3n) is 3.50. The predicted octanol–water partition coefficient (Wildman–Crippen LogP) is 1.14. The molecule has 8 nitrogen and oxygen atoms in total. The summed E-state index contributed by atoms with van der Waals surface area (Å²) >= 11 is 0. The smallest absolute Gasteiger partial charge is 0.356 e. The Hall–Kier alpha value is -3.39. The number of aromatic hydroxyl groups is 2. The first-order chi connectivity index (χ1) is 11.6. The number of hydrogen-bond acceptors (Lipinski definition) is 7. The number of rotatable bonds is 2. The van der Waals surface area contributed by atoms with Crippen LogP contribution in [0.25, 0.3) is 5.69 Å². The molecule has 0 saturated heterocycles. The second-order valence-electron chi connectivity index (χ2n) is 5.14. The summed E-state index contributed by atoms with van der Waals surface area (Å²) in [4.78, 5) is 18.9. The number of hydrogen-bond donors (Lipinski definition) is 4. The van der Waals surface area contributed by atoms with E-state index in [-0.39, 0.29) is 17.4 Å². The Labute approximate surface area is 136 Å². The van der Waals surface area contributed by atoms with Gasteiger partial charge in [-0.3, -0.25) is 9.99 Å². The highest BCUT2D eigenvalue weighted by Crippen LogP contribution is 2.27. The van der Waals surface area contributed by atoms with Gasteiger partial charge in [-0.1, -0.05) is 24.3 Å². The topological polar surface area (TPSA) is 126 Å². The quantitative estimate of drug-likeness (QED) is 0.370. The van der Waals surface area contributed by atoms with Crippen molar-refractivity contribution in [1.82, 2.24) is 14.5 Å². The van der Waals surface area contributed by atoms with E-state index < -0.39 is 5.69 Å². The van der Waals surface area contributed by atoms with Crippen molar-refractivity contribution in [3.63, 3.8) is 0 Å². The van der Waals surface area contributed by atoms with Gasteiger partial charge in [0.2, 0.25) is 5.95 Å². The normalized spacial score (nSPS) is 13.9. The van der Waals surface area contributed by atoms with Crippen molar-refractivity contribution in [1.29, 1.82) is 0 Å². The molecular formula is C16H15N5O3. The molecule has 2 aliphatic rings. The zero-order valence-electron chi connectivity index (χ0n) is 12.5. The Morgan fingerprint density at radius 1 is 1.12 bits per heavy atom. The Balaban J connectivity index is 0.000000198. The second-order valence-corrected chi connectivity index (χ2v) is 5.14. The van der Waals surface area contributed by atoms with Gasteiger partial charge in [-0.2, -0.15) is 4.98 Å². The van der Waals surface area contributed by atoms with E-state index in [0.29, 0.717) is 5.69 Å². The van der Waals surface area contributed by atoms with Gasteiger partial charge in [0.05, 0.1) is 5.69 Å². The highest BCUT2D eigenvalue weighted by atomic mass is 16.3. The summed E-state index contributed by atoms with van der Waals surface area (Å²) in [6, 6.07) is 3.91. The molecule has 0 saturated carbocycles. The monoisotopic (exact) mass is 325 g/mol. The van der Waals surface area contributed by atoms with Crippen LogP contribution in [0.3, 0.4) is 0 Å². The van der Waals surface area contributed by atoms with Crippen LogP contribution in [0.15, 0.2) is 64.8 Å². The number of fused-ring (bicyclic) bond motifs is 2. The van der Waals surface area contributed by atoms with E-state index in [1.54, 1.807) is 0 Å². The van der Waals surface area contributed by atoms with E-state index in [9.17, 15) is 9.90 Å². The summed E-state index contributed by atoms with van der Waals surface area (Å²) in [5.41, 5.74) is 4.79. The van der Waals surface area contributed by atoms with E-state index >= 15 is 0 Å². The van der Waals surface area contributed by atoms with Gasteiger partial charge in [0.25, 0.3) is 0 Å². The minimum atomic E-state index is -0.613. The first-order valence-electron chi connectivity index (χ1n) is 7.09. The van der Waals surface area contributed by atoms with Crippen LogP contribution in [-0.2, 0) is 0 Å². The molecule has 4 rings (SSSR count). The van der Waals surface area contributed by atoms with Crippen molar-refractivity contribution < 1.29 is 10.2 Å². The van der Waals surface area contributed by atoms with Crippen LogP contribution < -0.4 is 17.0 Å². The summed E-state index contributed by atoms with van der Waals surface area (Å²) in [6.07, 6.45) is 11.1. The maximum atomic E-state index is 11.6. The highest BCUT2D eigenvalue weighted by molar-refractivity contribution is 5.49. The number of nitrogen functional groups attached to an aromatic ring is 1. The van der Waals surface area contributed by atoms with Crippen LogP contribution in [0.2, 0.25) is 0 Å². The maximum Gasteiger partial charge on any atom is 0.356 e. The molecule has 5 N–H and O–H groups in total. The third-order valence-corrected chi connectivity index (χ3v) is 3.50. The molecule has 8 heteroatoms. The Morgan fingerprint density at radius 3 is 2.29 bits per heavy atom. The lowest BCUT2D eigenvalue weighted by Crippen LogP contribution is -2.24. The fraction of sp³-hybridized carbons (Fsp3) is 0.0625. The van der Waals surface area contributed by atoms with Gasteiger partial charge in [0, 0.05) is 6.07 Å². The summed E-state index contributed by atoms with van der Waals surface area (Å²) in [5, 5.41) is 18.5. The number of nitrogens with zero attached hydrogens (tertiary/aromatic N) is 3. The van der Waals surface area contributed by atoms with Crippen molar-refractivity contribution in [2.75, 3.05) is 5.43 Å². The highest BCUT2D eigenvalue weighted by Gasteiger charge is 2.08. The average Bonchev–Trinajstić information content (AvgIpc) is 3.23. The van der Waals surface area contributed by atoms with Gasteiger partial charge < -0.3 is 10.2 Å². The second kappa shape index (κ2) is 6.39. The minimum Gasteiger partial charge on any atom is -0.504 e. The first kappa shape index (κ1) is 15.5. The molecule has 0 spiro atoms. The number of allylic oxidation sites excluding steroid dienone is 6. The summed E-state index contributed by atoms with van der Waals surface area (Å²) in [6.45, 7) is 0. The van der Waals surface area contributed by atoms with Crippen LogP contribution in [0.4, 0.5) is 5.95 Å². The van der Waals surface area contributed by atoms with Crippen molar-refractivity contribution in [2.45, 2.75) is 6.42 Å². The minimum absolute atomic E-state index is 0.00532. The van der Waals surface area contributed by atoms with Crippen LogP contribution in [0.1, 0.15) is 6.42 Å². The number of anilines is 1. The SMILES string of the molecule is C1=CC2=CC=C1C2.NNc1ncn(-c2ccc(O)c(O)c2)c(=O)n1. The number of nitrogens with one attached hydrogen (secondary N) is 1. The van der Waals surface area contributed by atoms with Gasteiger partial charge in [-0.25, -0.2) is 15.6 Å². The Kier molecular flexibility index (Phi) is 4.13. The number of phenolic OH excluding ortho intramolecular Hbond substituents is 2. The summed E-state index contributed by atoms with van der Waals surface area (Å²) < 4.78 is 1.10. The van der Waals surface area contributed by atoms with Crippen LogP contribution in [0, 0.1) is 0 Å². The van der Waals surface area contributed by atoms with Crippen LogP contribution in [-0.4, -0.2) is 24.7 Å². The number of phenols is 2. The van der Waals surface area contributed by atoms with Gasteiger partial charge in [-0.05, 0) is 29.7 Å². The fourth-order valence-electron chi connectivity index (χ4n) is 2.25. The molecule has 1 heterocycles. The van der Waals surface area contributed by atoms with Gasteiger partial charge in [-0.15, -0.1) is 0 Å². The van der Waals surface area contributed by atoms with E-state index in [1.165, 1.54) is 42.1 Å². The largest absolute Gasteiger partial charge is 0.504 e. The predicted molar refractivity (Wildman–Crippen MR) is 88.7 cm³/mol. The average molecular weight is 325 g/mol. The Bertz CT molecular complexity index is 908. The zero-order valence-corrected chi connectivity index (χ0v) is 12.5. The molecule has 1 aromatic carbocycles. The molecule has 2 aliphatic carbocycles. The zero-order chi connectivity index (χ0) is 17.1. The first-order valence-corrected chi connectivity index (χ1v) is 7.09. The van der Waals surface area contributed by atoms with E-state index in [0.717, 1.165) is 4.57 Å². The van der Waals surface area contributed by atoms with Gasteiger partial charge >= 0.3 is 5.69 Å². The number of nitrogens with two attached hydrogens (primary N) is 1. The van der Waals surface area contributed by atoms with E-state index in [4.69, 9.17) is 10.9 Å². The number of aromatic nitrogens is 3. The molecule has 0 fully saturated rings. The molecule has 24 heavy (non-hydrogen) atoms. The van der Waals surface area contributed by atoms with Crippen molar-refractivity contribution in [3.05, 3.63) is 70.5 Å². The molecule has 0 unspecified atom stereocenters. The van der Waals surface area contributed by atoms with E-state index in [1.807, 2.05) is 0 Å². The number of benzene rings is 1. The van der Waals surface area contributed by atoms with E-state index in [2.05, 4.69) is 39.7 Å². The van der Waals surface area contributed by atoms with Gasteiger partial charge in [0.1, 0.15) is 6.33 Å².